The number of carbonyl (C=O) groups is 1. The Bertz CT molecular complexity index is 486. The zero-order valence-corrected chi connectivity index (χ0v) is 14.7. The molecule has 130 valence electrons. The number of pyridine rings is 1. The van der Waals surface area contributed by atoms with Crippen LogP contribution in [-0.2, 0) is 4.79 Å². The van der Waals surface area contributed by atoms with Crippen LogP contribution < -0.4 is 16.4 Å². The average molecular weight is 361 g/mol. The van der Waals surface area contributed by atoms with E-state index in [1.54, 1.807) is 6.20 Å². The molecule has 1 heterocycles. The highest BCUT2D eigenvalue weighted by molar-refractivity contribution is 5.85. The second-order valence-electron chi connectivity index (χ2n) is 6.22. The summed E-state index contributed by atoms with van der Waals surface area (Å²) < 4.78 is 0. The highest BCUT2D eigenvalue weighted by Gasteiger charge is 2.48. The average Bonchev–Trinajstić information content (AvgIpc) is 3.08. The van der Waals surface area contributed by atoms with Crippen LogP contribution in [0.15, 0.2) is 24.4 Å². The van der Waals surface area contributed by atoms with Gasteiger partial charge in [0.1, 0.15) is 5.82 Å². The third-order valence-corrected chi connectivity index (χ3v) is 4.91. The van der Waals surface area contributed by atoms with Gasteiger partial charge < -0.3 is 16.4 Å². The topological polar surface area (TPSA) is 80.0 Å². The summed E-state index contributed by atoms with van der Waals surface area (Å²) in [6, 6.07) is 5.86. The van der Waals surface area contributed by atoms with Gasteiger partial charge in [0.15, 0.2) is 0 Å². The molecule has 4 N–H and O–H groups in total. The molecule has 3 rings (SSSR count). The fourth-order valence-electron chi connectivity index (χ4n) is 3.83. The van der Waals surface area contributed by atoms with Gasteiger partial charge in [-0.05, 0) is 49.7 Å². The zero-order valence-electron chi connectivity index (χ0n) is 13.1. The van der Waals surface area contributed by atoms with E-state index in [2.05, 4.69) is 15.6 Å². The molecule has 1 amide bonds. The molecule has 1 aromatic rings. The van der Waals surface area contributed by atoms with E-state index in [1.165, 1.54) is 12.8 Å². The molecule has 4 unspecified atom stereocenters. The Labute approximate surface area is 150 Å². The lowest BCUT2D eigenvalue weighted by molar-refractivity contribution is -0.127. The third-order valence-electron chi connectivity index (χ3n) is 4.91. The maximum atomic E-state index is 12.3. The van der Waals surface area contributed by atoms with Crippen LogP contribution in [0.3, 0.4) is 0 Å². The van der Waals surface area contributed by atoms with Gasteiger partial charge in [-0.2, -0.15) is 0 Å². The summed E-state index contributed by atoms with van der Waals surface area (Å²) in [7, 11) is 0. The lowest BCUT2D eigenvalue weighted by Crippen LogP contribution is -2.45. The SMILES string of the molecule is Cl.Cl.NC1C2CCC(C2)C1C(=O)NCCCNc1ccccn1. The number of amides is 1. The van der Waals surface area contributed by atoms with Gasteiger partial charge in [-0.1, -0.05) is 6.07 Å². The van der Waals surface area contributed by atoms with E-state index in [-0.39, 0.29) is 42.7 Å². The van der Waals surface area contributed by atoms with Gasteiger partial charge in [0.2, 0.25) is 5.91 Å². The van der Waals surface area contributed by atoms with Crippen molar-refractivity contribution in [2.75, 3.05) is 18.4 Å². The van der Waals surface area contributed by atoms with Gasteiger partial charge >= 0.3 is 0 Å². The second kappa shape index (κ2) is 9.30. The maximum Gasteiger partial charge on any atom is 0.224 e. The number of aromatic nitrogens is 1. The lowest BCUT2D eigenvalue weighted by Gasteiger charge is -2.27. The molecule has 1 aromatic heterocycles. The number of halogens is 2. The van der Waals surface area contributed by atoms with Gasteiger partial charge in [-0.25, -0.2) is 4.98 Å². The number of fused-ring (bicyclic) bond motifs is 2. The van der Waals surface area contributed by atoms with Crippen molar-refractivity contribution in [2.24, 2.45) is 23.5 Å². The predicted molar refractivity (Wildman–Crippen MR) is 97.1 cm³/mol. The third kappa shape index (κ3) is 4.72. The summed E-state index contributed by atoms with van der Waals surface area (Å²) in [6.07, 6.45) is 6.20. The highest BCUT2D eigenvalue weighted by atomic mass is 35.5. The Balaban J connectivity index is 0.00000132. The Hall–Kier alpha value is -1.04. The Morgan fingerprint density at radius 2 is 2.00 bits per heavy atom. The molecule has 2 aliphatic rings. The van der Waals surface area contributed by atoms with Crippen LogP contribution in [0.5, 0.6) is 0 Å². The summed E-state index contributed by atoms with van der Waals surface area (Å²) in [4.78, 5) is 16.5. The molecule has 5 nitrogen and oxygen atoms in total. The van der Waals surface area contributed by atoms with Crippen molar-refractivity contribution in [3.63, 3.8) is 0 Å². The fourth-order valence-corrected chi connectivity index (χ4v) is 3.83. The number of hydrogen-bond acceptors (Lipinski definition) is 4. The molecule has 2 bridgehead atoms. The van der Waals surface area contributed by atoms with E-state index in [1.807, 2.05) is 18.2 Å². The zero-order chi connectivity index (χ0) is 14.7. The predicted octanol–water partition coefficient (Wildman–Crippen LogP) is 2.22. The normalized spacial score (nSPS) is 27.7. The van der Waals surface area contributed by atoms with Crippen molar-refractivity contribution >= 4 is 36.5 Å². The number of nitrogens with two attached hydrogens (primary N) is 1. The Morgan fingerprint density at radius 1 is 1.22 bits per heavy atom. The molecule has 23 heavy (non-hydrogen) atoms. The summed E-state index contributed by atoms with van der Waals surface area (Å²) >= 11 is 0. The van der Waals surface area contributed by atoms with Crippen LogP contribution in [0, 0.1) is 17.8 Å². The maximum absolute atomic E-state index is 12.3. The number of rotatable bonds is 6. The summed E-state index contributed by atoms with van der Waals surface area (Å²) in [5.74, 6) is 2.19. The van der Waals surface area contributed by atoms with Gasteiger partial charge in [0.25, 0.3) is 0 Å². The molecule has 0 saturated heterocycles. The van der Waals surface area contributed by atoms with Crippen LogP contribution in [0.2, 0.25) is 0 Å². The van der Waals surface area contributed by atoms with E-state index in [0.29, 0.717) is 18.4 Å². The van der Waals surface area contributed by atoms with Crippen molar-refractivity contribution in [1.82, 2.24) is 10.3 Å². The first-order chi connectivity index (χ1) is 10.3. The van der Waals surface area contributed by atoms with E-state index in [0.717, 1.165) is 25.2 Å². The minimum absolute atomic E-state index is 0. The second-order valence-corrected chi connectivity index (χ2v) is 6.22. The molecule has 2 saturated carbocycles. The van der Waals surface area contributed by atoms with Crippen LogP contribution in [0.1, 0.15) is 25.7 Å². The van der Waals surface area contributed by atoms with Crippen LogP contribution in [0.25, 0.3) is 0 Å². The van der Waals surface area contributed by atoms with Crippen molar-refractivity contribution < 1.29 is 4.79 Å². The molecule has 0 aromatic carbocycles. The molecular formula is C16H26Cl2N4O. The molecule has 2 fully saturated rings. The summed E-state index contributed by atoms with van der Waals surface area (Å²) in [6.45, 7) is 1.50. The molecule has 0 aliphatic heterocycles. The standard InChI is InChI=1S/C16H24N4O.2ClH/c17-15-12-6-5-11(10-12)14(15)16(21)20-9-3-8-19-13-4-1-2-7-18-13;;/h1-2,4,7,11-12,14-15H,3,5-6,8-10,17H2,(H,18,19)(H,20,21);2*1H. The summed E-state index contributed by atoms with van der Waals surface area (Å²) in [5, 5.41) is 6.28. The van der Waals surface area contributed by atoms with E-state index in [4.69, 9.17) is 5.73 Å². The first-order valence-electron chi connectivity index (χ1n) is 7.94. The highest BCUT2D eigenvalue weighted by Crippen LogP contribution is 2.47. The monoisotopic (exact) mass is 360 g/mol. The molecule has 7 heteroatoms. The van der Waals surface area contributed by atoms with Crippen molar-refractivity contribution in [2.45, 2.75) is 31.7 Å². The quantitative estimate of drug-likeness (QED) is 0.679. The Morgan fingerprint density at radius 3 is 2.65 bits per heavy atom. The number of hydrogen-bond donors (Lipinski definition) is 3. The van der Waals surface area contributed by atoms with Gasteiger partial charge in [0, 0.05) is 25.3 Å². The van der Waals surface area contributed by atoms with E-state index in [9.17, 15) is 4.79 Å². The molecular weight excluding hydrogens is 335 g/mol. The molecule has 4 atom stereocenters. The van der Waals surface area contributed by atoms with Crippen molar-refractivity contribution in [3.05, 3.63) is 24.4 Å². The molecule has 2 aliphatic carbocycles. The number of anilines is 1. The van der Waals surface area contributed by atoms with E-state index >= 15 is 0 Å². The van der Waals surface area contributed by atoms with Gasteiger partial charge in [0.05, 0.1) is 5.92 Å². The van der Waals surface area contributed by atoms with Crippen LogP contribution in [-0.4, -0.2) is 30.0 Å². The number of nitrogens with zero attached hydrogens (tertiary/aromatic N) is 1. The number of nitrogens with one attached hydrogen (secondary N) is 2. The van der Waals surface area contributed by atoms with Gasteiger partial charge in [-0.3, -0.25) is 4.79 Å². The summed E-state index contributed by atoms with van der Waals surface area (Å²) in [5.41, 5.74) is 6.19. The van der Waals surface area contributed by atoms with Crippen LogP contribution >= 0.6 is 24.8 Å². The molecule has 0 spiro atoms. The first-order valence-corrected chi connectivity index (χ1v) is 7.94. The Kier molecular flexibility index (Phi) is 8.09. The minimum atomic E-state index is 0. The molecule has 0 radical (unpaired) electrons. The van der Waals surface area contributed by atoms with E-state index < -0.39 is 0 Å². The van der Waals surface area contributed by atoms with Crippen molar-refractivity contribution in [1.29, 1.82) is 0 Å². The van der Waals surface area contributed by atoms with Crippen molar-refractivity contribution in [3.8, 4) is 0 Å². The fraction of sp³-hybridized carbons (Fsp3) is 0.625. The van der Waals surface area contributed by atoms with Crippen LogP contribution in [0.4, 0.5) is 5.82 Å². The minimum Gasteiger partial charge on any atom is -0.370 e. The smallest absolute Gasteiger partial charge is 0.224 e. The lowest BCUT2D eigenvalue weighted by atomic mass is 9.84. The first kappa shape index (κ1) is 20.0. The van der Waals surface area contributed by atoms with Gasteiger partial charge in [-0.15, -0.1) is 24.8 Å². The number of carbonyl (C=O) groups excluding carboxylic acids is 1. The largest absolute Gasteiger partial charge is 0.370 e.